The summed E-state index contributed by atoms with van der Waals surface area (Å²) in [6.45, 7) is 0. The molecule has 0 aromatic carbocycles. The molecule has 0 aliphatic rings. The Morgan fingerprint density at radius 1 is 1.50 bits per heavy atom. The van der Waals surface area contributed by atoms with Crippen LogP contribution in [0.5, 0.6) is 0 Å². The average Bonchev–Trinajstić information content (AvgIpc) is 2.05. The van der Waals surface area contributed by atoms with Gasteiger partial charge in [-0.15, -0.1) is 4.91 Å². The van der Waals surface area contributed by atoms with Crippen LogP contribution in [0.15, 0.2) is 29.7 Å². The Balaban J connectivity index is 2.95. The number of nitrogens with one attached hydrogen (secondary N) is 1. The van der Waals surface area contributed by atoms with Crippen molar-refractivity contribution in [3.63, 3.8) is 0 Å². The third kappa shape index (κ3) is 1.22. The van der Waals surface area contributed by atoms with Crippen LogP contribution in [0.25, 0.3) is 0 Å². The molecule has 0 amide bonds. The van der Waals surface area contributed by atoms with E-state index in [-0.39, 0.29) is 5.84 Å². The van der Waals surface area contributed by atoms with E-state index in [2.05, 4.69) is 10.2 Å². The SMILES string of the molecule is N=C(N=O)c1ccncc1. The zero-order chi connectivity index (χ0) is 7.40. The number of rotatable bonds is 1. The first kappa shape index (κ1) is 6.54. The zero-order valence-electron chi connectivity index (χ0n) is 5.11. The van der Waals surface area contributed by atoms with Gasteiger partial charge in [-0.25, -0.2) is 0 Å². The molecule has 0 radical (unpaired) electrons. The highest BCUT2D eigenvalue weighted by molar-refractivity contribution is 5.96. The Morgan fingerprint density at radius 2 is 2.10 bits per heavy atom. The Bertz CT molecular complexity index is 244. The molecule has 0 saturated heterocycles. The van der Waals surface area contributed by atoms with Crippen LogP contribution in [0.1, 0.15) is 5.56 Å². The lowest BCUT2D eigenvalue weighted by Gasteiger charge is -1.89. The van der Waals surface area contributed by atoms with Gasteiger partial charge in [0.05, 0.1) is 0 Å². The van der Waals surface area contributed by atoms with E-state index < -0.39 is 0 Å². The van der Waals surface area contributed by atoms with Crippen molar-refractivity contribution in [1.82, 2.24) is 4.98 Å². The normalized spacial score (nSPS) is 8.80. The lowest BCUT2D eigenvalue weighted by atomic mass is 10.2. The third-order valence-electron chi connectivity index (χ3n) is 1.05. The number of hydrogen-bond acceptors (Lipinski definition) is 3. The predicted octanol–water partition coefficient (Wildman–Crippen LogP) is 1.17. The van der Waals surface area contributed by atoms with E-state index in [9.17, 15) is 4.91 Å². The van der Waals surface area contributed by atoms with Crippen LogP contribution in [0.3, 0.4) is 0 Å². The Hall–Kier alpha value is -1.58. The molecule has 1 heterocycles. The number of hydrogen-bond donors (Lipinski definition) is 1. The minimum absolute atomic E-state index is 0.262. The Kier molecular flexibility index (Phi) is 1.84. The molecule has 1 aromatic heterocycles. The van der Waals surface area contributed by atoms with Crippen molar-refractivity contribution in [1.29, 1.82) is 5.41 Å². The molecule has 0 saturated carbocycles. The Morgan fingerprint density at radius 3 is 2.60 bits per heavy atom. The van der Waals surface area contributed by atoms with E-state index in [0.717, 1.165) is 0 Å². The van der Waals surface area contributed by atoms with E-state index in [0.29, 0.717) is 5.56 Å². The minimum Gasteiger partial charge on any atom is -0.279 e. The topological polar surface area (TPSA) is 66.2 Å². The van der Waals surface area contributed by atoms with Gasteiger partial charge < -0.3 is 0 Å². The van der Waals surface area contributed by atoms with Crippen LogP contribution in [-0.2, 0) is 0 Å². The molecule has 0 spiro atoms. The highest BCUT2D eigenvalue weighted by Gasteiger charge is 1.96. The second-order valence-electron chi connectivity index (χ2n) is 1.68. The molecule has 0 aliphatic carbocycles. The van der Waals surface area contributed by atoms with Crippen molar-refractivity contribution in [3.05, 3.63) is 35.0 Å². The van der Waals surface area contributed by atoms with E-state index in [1.165, 1.54) is 12.4 Å². The van der Waals surface area contributed by atoms with Crippen LogP contribution in [0.2, 0.25) is 0 Å². The number of nitroso groups, excluding NO2 is 1. The van der Waals surface area contributed by atoms with Crippen LogP contribution in [-0.4, -0.2) is 10.8 Å². The summed E-state index contributed by atoms with van der Waals surface area (Å²) >= 11 is 0. The number of amidine groups is 1. The average molecular weight is 135 g/mol. The summed E-state index contributed by atoms with van der Waals surface area (Å²) in [7, 11) is 0. The fraction of sp³-hybridized carbons (Fsp3) is 0. The molecule has 0 aliphatic heterocycles. The second-order valence-corrected chi connectivity index (χ2v) is 1.68. The van der Waals surface area contributed by atoms with Crippen molar-refractivity contribution in [2.75, 3.05) is 0 Å². The zero-order valence-corrected chi connectivity index (χ0v) is 5.11. The van der Waals surface area contributed by atoms with Gasteiger partial charge in [-0.2, -0.15) is 0 Å². The fourth-order valence-electron chi connectivity index (χ4n) is 0.562. The maximum atomic E-state index is 9.81. The van der Waals surface area contributed by atoms with Gasteiger partial charge >= 0.3 is 0 Å². The molecule has 0 atom stereocenters. The standard InChI is InChI=1S/C6H5N3O/c7-6(9-10)5-1-3-8-4-2-5/h1-4,7H. The lowest BCUT2D eigenvalue weighted by molar-refractivity contribution is 1.30. The Labute approximate surface area is 57.4 Å². The number of aromatic nitrogens is 1. The molecule has 4 heteroatoms. The van der Waals surface area contributed by atoms with Gasteiger partial charge in [0.1, 0.15) is 0 Å². The first-order valence-electron chi connectivity index (χ1n) is 2.67. The molecular formula is C6H5N3O. The maximum Gasteiger partial charge on any atom is 0.196 e. The first-order valence-corrected chi connectivity index (χ1v) is 2.67. The van der Waals surface area contributed by atoms with Crippen LogP contribution < -0.4 is 0 Å². The fourth-order valence-corrected chi connectivity index (χ4v) is 0.562. The smallest absolute Gasteiger partial charge is 0.196 e. The molecule has 0 fully saturated rings. The van der Waals surface area contributed by atoms with Gasteiger partial charge in [0, 0.05) is 18.0 Å². The second kappa shape index (κ2) is 2.82. The van der Waals surface area contributed by atoms with Crippen molar-refractivity contribution in [2.45, 2.75) is 0 Å². The summed E-state index contributed by atoms with van der Waals surface area (Å²) in [4.78, 5) is 13.5. The van der Waals surface area contributed by atoms with Crippen molar-refractivity contribution >= 4 is 5.84 Å². The summed E-state index contributed by atoms with van der Waals surface area (Å²) in [5, 5.41) is 9.44. The van der Waals surface area contributed by atoms with Gasteiger partial charge in [0.15, 0.2) is 5.84 Å². The number of nitrogens with zero attached hydrogens (tertiary/aromatic N) is 2. The van der Waals surface area contributed by atoms with Crippen molar-refractivity contribution in [3.8, 4) is 0 Å². The van der Waals surface area contributed by atoms with Crippen LogP contribution in [0, 0.1) is 10.3 Å². The maximum absolute atomic E-state index is 9.81. The third-order valence-corrected chi connectivity index (χ3v) is 1.05. The lowest BCUT2D eigenvalue weighted by Crippen LogP contribution is -1.91. The minimum atomic E-state index is -0.262. The molecular weight excluding hydrogens is 130 g/mol. The molecule has 0 bridgehead atoms. The van der Waals surface area contributed by atoms with Crippen LogP contribution >= 0.6 is 0 Å². The van der Waals surface area contributed by atoms with Gasteiger partial charge in [-0.3, -0.25) is 10.4 Å². The summed E-state index contributed by atoms with van der Waals surface area (Å²) in [6, 6.07) is 3.12. The molecule has 1 aromatic rings. The predicted molar refractivity (Wildman–Crippen MR) is 36.9 cm³/mol. The van der Waals surface area contributed by atoms with E-state index in [1.807, 2.05) is 0 Å². The van der Waals surface area contributed by atoms with Crippen LogP contribution in [0.4, 0.5) is 0 Å². The largest absolute Gasteiger partial charge is 0.279 e. The molecule has 10 heavy (non-hydrogen) atoms. The molecule has 50 valence electrons. The van der Waals surface area contributed by atoms with Crippen molar-refractivity contribution < 1.29 is 0 Å². The summed E-state index contributed by atoms with van der Waals surface area (Å²) in [5.74, 6) is -0.262. The molecule has 0 unspecified atom stereocenters. The van der Waals surface area contributed by atoms with Gasteiger partial charge in [0.2, 0.25) is 0 Å². The monoisotopic (exact) mass is 135 g/mol. The highest BCUT2D eigenvalue weighted by atomic mass is 16.3. The van der Waals surface area contributed by atoms with Crippen molar-refractivity contribution in [2.24, 2.45) is 5.18 Å². The first-order chi connectivity index (χ1) is 4.84. The van der Waals surface area contributed by atoms with E-state index >= 15 is 0 Å². The van der Waals surface area contributed by atoms with Gasteiger partial charge in [-0.1, -0.05) is 0 Å². The van der Waals surface area contributed by atoms with Gasteiger partial charge in [-0.05, 0) is 17.3 Å². The summed E-state index contributed by atoms with van der Waals surface area (Å²) in [5.41, 5.74) is 0.491. The highest BCUT2D eigenvalue weighted by Crippen LogP contribution is 1.97. The summed E-state index contributed by atoms with van der Waals surface area (Å²) in [6.07, 6.45) is 3.02. The quantitative estimate of drug-likeness (QED) is 0.357. The molecule has 4 nitrogen and oxygen atoms in total. The molecule has 1 rings (SSSR count). The number of pyridine rings is 1. The van der Waals surface area contributed by atoms with Gasteiger partial charge in [0.25, 0.3) is 0 Å². The summed E-state index contributed by atoms with van der Waals surface area (Å²) < 4.78 is 0. The van der Waals surface area contributed by atoms with E-state index in [4.69, 9.17) is 5.41 Å². The molecule has 1 N–H and O–H groups in total. The van der Waals surface area contributed by atoms with E-state index in [1.54, 1.807) is 12.1 Å².